The highest BCUT2D eigenvalue weighted by molar-refractivity contribution is 7.80. The van der Waals surface area contributed by atoms with Crippen molar-refractivity contribution in [1.82, 2.24) is 0 Å². The Labute approximate surface area is 117 Å². The zero-order valence-electron chi connectivity index (χ0n) is 10.7. The molecule has 3 nitrogen and oxygen atoms in total. The van der Waals surface area contributed by atoms with Crippen molar-refractivity contribution in [2.75, 3.05) is 13.2 Å². The molecular formula is C14H18FNO2S. The van der Waals surface area contributed by atoms with Crippen LogP contribution < -0.4 is 10.5 Å². The quantitative estimate of drug-likeness (QED) is 0.644. The lowest BCUT2D eigenvalue weighted by Crippen LogP contribution is -2.10. The number of hydrogen-bond acceptors (Lipinski definition) is 3. The lowest BCUT2D eigenvalue weighted by molar-refractivity contribution is 0.0979. The lowest BCUT2D eigenvalue weighted by Gasteiger charge is -2.11. The van der Waals surface area contributed by atoms with Crippen molar-refractivity contribution >= 4 is 17.2 Å². The van der Waals surface area contributed by atoms with Crippen molar-refractivity contribution in [3.8, 4) is 5.75 Å². The van der Waals surface area contributed by atoms with E-state index in [0.29, 0.717) is 18.3 Å². The van der Waals surface area contributed by atoms with E-state index in [4.69, 9.17) is 27.4 Å². The summed E-state index contributed by atoms with van der Waals surface area (Å²) < 4.78 is 24.6. The Morgan fingerprint density at radius 3 is 3.00 bits per heavy atom. The zero-order valence-corrected chi connectivity index (χ0v) is 11.5. The first kappa shape index (κ1) is 14.2. The molecule has 0 aliphatic carbocycles. The Hall–Kier alpha value is -1.20. The van der Waals surface area contributed by atoms with Gasteiger partial charge < -0.3 is 15.2 Å². The van der Waals surface area contributed by atoms with E-state index >= 15 is 0 Å². The number of rotatable bonds is 6. The Bertz CT molecular complexity index is 447. The molecule has 1 aliphatic rings. The summed E-state index contributed by atoms with van der Waals surface area (Å²) in [7, 11) is 0. The molecular weight excluding hydrogens is 265 g/mol. The minimum absolute atomic E-state index is 0.184. The summed E-state index contributed by atoms with van der Waals surface area (Å²) in [5.41, 5.74) is 5.95. The highest BCUT2D eigenvalue weighted by Crippen LogP contribution is 2.20. The zero-order chi connectivity index (χ0) is 13.7. The summed E-state index contributed by atoms with van der Waals surface area (Å²) in [6.07, 6.45) is 4.44. The summed E-state index contributed by atoms with van der Waals surface area (Å²) in [6, 6.07) is 4.54. The molecule has 0 aromatic heterocycles. The first-order valence-electron chi connectivity index (χ1n) is 6.50. The van der Waals surface area contributed by atoms with Gasteiger partial charge in [-0.2, -0.15) is 0 Å². The number of ether oxygens (including phenoxy) is 2. The minimum Gasteiger partial charge on any atom is -0.491 e. The van der Waals surface area contributed by atoms with Gasteiger partial charge in [-0.15, -0.1) is 0 Å². The normalized spacial score (nSPS) is 18.5. The van der Waals surface area contributed by atoms with Crippen molar-refractivity contribution in [3.63, 3.8) is 0 Å². The van der Waals surface area contributed by atoms with Crippen LogP contribution in [0, 0.1) is 5.82 Å². The molecule has 0 amide bonds. The summed E-state index contributed by atoms with van der Waals surface area (Å²) in [5.74, 6) is -0.185. The maximum Gasteiger partial charge on any atom is 0.165 e. The van der Waals surface area contributed by atoms with Crippen LogP contribution in [0.5, 0.6) is 5.75 Å². The molecule has 1 aromatic rings. The number of halogens is 1. The Morgan fingerprint density at radius 2 is 2.37 bits per heavy atom. The maximum atomic E-state index is 13.7. The van der Waals surface area contributed by atoms with Crippen molar-refractivity contribution in [2.24, 2.45) is 5.73 Å². The molecule has 104 valence electrons. The predicted molar refractivity (Wildman–Crippen MR) is 76.0 cm³/mol. The Kier molecular flexibility index (Phi) is 5.10. The van der Waals surface area contributed by atoms with Gasteiger partial charge in [0.05, 0.1) is 12.7 Å². The summed E-state index contributed by atoms with van der Waals surface area (Å²) >= 11 is 4.79. The van der Waals surface area contributed by atoms with Crippen molar-refractivity contribution < 1.29 is 13.9 Å². The van der Waals surface area contributed by atoms with Gasteiger partial charge in [0.1, 0.15) is 4.99 Å². The monoisotopic (exact) mass is 283 g/mol. The third kappa shape index (κ3) is 4.14. The molecule has 1 atom stereocenters. The molecule has 0 saturated carbocycles. The molecule has 19 heavy (non-hydrogen) atoms. The average molecular weight is 283 g/mol. The van der Waals surface area contributed by atoms with Crippen LogP contribution in [0.15, 0.2) is 18.2 Å². The first-order chi connectivity index (χ1) is 9.16. The molecule has 1 aromatic carbocycles. The van der Waals surface area contributed by atoms with Gasteiger partial charge >= 0.3 is 0 Å². The van der Waals surface area contributed by atoms with Gasteiger partial charge in [-0.1, -0.05) is 12.2 Å². The maximum absolute atomic E-state index is 13.7. The standard InChI is InChI=1S/C14H18FNO2S/c15-12-9-10(14(16)19)5-6-13(12)18-8-2-4-11-3-1-7-17-11/h5-6,9,11H,1-4,7-8H2,(H2,16,19). The summed E-state index contributed by atoms with van der Waals surface area (Å²) in [5, 5.41) is 0. The Balaban J connectivity index is 1.77. The van der Waals surface area contributed by atoms with Gasteiger partial charge in [-0.3, -0.25) is 0 Å². The van der Waals surface area contributed by atoms with Crippen LogP contribution in [0.4, 0.5) is 4.39 Å². The summed E-state index contributed by atoms with van der Waals surface area (Å²) in [6.45, 7) is 1.35. The van der Waals surface area contributed by atoms with Gasteiger partial charge in [0, 0.05) is 12.2 Å². The van der Waals surface area contributed by atoms with Crippen LogP contribution in [-0.2, 0) is 4.74 Å². The van der Waals surface area contributed by atoms with Crippen LogP contribution >= 0.6 is 12.2 Å². The third-order valence-electron chi connectivity index (χ3n) is 3.17. The van der Waals surface area contributed by atoms with Crippen LogP contribution in [0.2, 0.25) is 0 Å². The highest BCUT2D eigenvalue weighted by atomic mass is 32.1. The summed E-state index contributed by atoms with van der Waals surface area (Å²) in [4.78, 5) is 0.184. The number of hydrogen-bond donors (Lipinski definition) is 1. The largest absolute Gasteiger partial charge is 0.491 e. The molecule has 1 heterocycles. The number of benzene rings is 1. The molecule has 0 radical (unpaired) electrons. The van der Waals surface area contributed by atoms with E-state index in [2.05, 4.69) is 0 Å². The number of nitrogens with two attached hydrogens (primary N) is 1. The highest BCUT2D eigenvalue weighted by Gasteiger charge is 2.14. The molecule has 1 unspecified atom stereocenters. The third-order valence-corrected chi connectivity index (χ3v) is 3.40. The van der Waals surface area contributed by atoms with E-state index < -0.39 is 5.82 Å². The molecule has 2 N–H and O–H groups in total. The second-order valence-electron chi connectivity index (χ2n) is 4.64. The minimum atomic E-state index is -0.428. The van der Waals surface area contributed by atoms with Gasteiger partial charge in [-0.05, 0) is 43.9 Å². The second-order valence-corrected chi connectivity index (χ2v) is 5.07. The Morgan fingerprint density at radius 1 is 1.53 bits per heavy atom. The molecule has 0 bridgehead atoms. The fraction of sp³-hybridized carbons (Fsp3) is 0.500. The lowest BCUT2D eigenvalue weighted by atomic mass is 10.1. The van der Waals surface area contributed by atoms with E-state index in [1.165, 1.54) is 6.07 Å². The predicted octanol–water partition coefficient (Wildman–Crippen LogP) is 2.80. The van der Waals surface area contributed by atoms with E-state index in [0.717, 1.165) is 32.3 Å². The topological polar surface area (TPSA) is 44.5 Å². The molecule has 2 rings (SSSR count). The molecule has 5 heteroatoms. The van der Waals surface area contributed by atoms with Gasteiger partial charge in [0.25, 0.3) is 0 Å². The molecule has 1 fully saturated rings. The van der Waals surface area contributed by atoms with Crippen molar-refractivity contribution in [1.29, 1.82) is 0 Å². The van der Waals surface area contributed by atoms with E-state index in [-0.39, 0.29) is 10.7 Å². The van der Waals surface area contributed by atoms with Crippen LogP contribution in [-0.4, -0.2) is 24.3 Å². The molecule has 1 saturated heterocycles. The SMILES string of the molecule is NC(=S)c1ccc(OCCCC2CCCO2)c(F)c1. The molecule has 1 aliphatic heterocycles. The van der Waals surface area contributed by atoms with Crippen molar-refractivity contribution in [2.45, 2.75) is 31.8 Å². The van der Waals surface area contributed by atoms with Crippen LogP contribution in [0.1, 0.15) is 31.2 Å². The fourth-order valence-electron chi connectivity index (χ4n) is 2.14. The van der Waals surface area contributed by atoms with Gasteiger partial charge in [0.15, 0.2) is 11.6 Å². The van der Waals surface area contributed by atoms with E-state index in [1.54, 1.807) is 12.1 Å². The van der Waals surface area contributed by atoms with Gasteiger partial charge in [-0.25, -0.2) is 4.39 Å². The van der Waals surface area contributed by atoms with E-state index in [1.807, 2.05) is 0 Å². The fourth-order valence-corrected chi connectivity index (χ4v) is 2.26. The molecule has 0 spiro atoms. The van der Waals surface area contributed by atoms with E-state index in [9.17, 15) is 4.39 Å². The van der Waals surface area contributed by atoms with Crippen molar-refractivity contribution in [3.05, 3.63) is 29.6 Å². The first-order valence-corrected chi connectivity index (χ1v) is 6.91. The average Bonchev–Trinajstić information content (AvgIpc) is 2.89. The second kappa shape index (κ2) is 6.82. The van der Waals surface area contributed by atoms with Crippen LogP contribution in [0.3, 0.4) is 0 Å². The smallest absolute Gasteiger partial charge is 0.165 e. The number of thiocarbonyl (C=S) groups is 1. The van der Waals surface area contributed by atoms with Crippen LogP contribution in [0.25, 0.3) is 0 Å². The van der Waals surface area contributed by atoms with Gasteiger partial charge in [0.2, 0.25) is 0 Å².